The van der Waals surface area contributed by atoms with Crippen LogP contribution in [0.2, 0.25) is 0 Å². The molecule has 1 aliphatic rings. The summed E-state index contributed by atoms with van der Waals surface area (Å²) in [7, 11) is 0. The molecule has 2 heteroatoms. The van der Waals surface area contributed by atoms with Crippen LogP contribution in [0.25, 0.3) is 0 Å². The third-order valence-corrected chi connectivity index (χ3v) is 4.35. The van der Waals surface area contributed by atoms with E-state index >= 15 is 0 Å². The number of rotatable bonds is 2. The van der Waals surface area contributed by atoms with Crippen molar-refractivity contribution in [1.29, 1.82) is 0 Å². The molecule has 0 bridgehead atoms. The van der Waals surface area contributed by atoms with Crippen LogP contribution in [0.1, 0.15) is 31.6 Å². The summed E-state index contributed by atoms with van der Waals surface area (Å²) in [5, 5.41) is 12.4. The minimum atomic E-state index is -0.447. The first-order valence-electron chi connectivity index (χ1n) is 4.78. The fraction of sp³-hybridized carbons (Fsp3) is 0.636. The summed E-state index contributed by atoms with van der Waals surface area (Å²) >= 11 is 1.74. The highest BCUT2D eigenvalue weighted by Gasteiger charge is 2.51. The first-order valence-corrected chi connectivity index (χ1v) is 5.66. The molecule has 1 heterocycles. The molecule has 13 heavy (non-hydrogen) atoms. The van der Waals surface area contributed by atoms with Gasteiger partial charge in [0.15, 0.2) is 0 Å². The third kappa shape index (κ3) is 1.42. The molecule has 72 valence electrons. The van der Waals surface area contributed by atoms with Crippen molar-refractivity contribution in [1.82, 2.24) is 0 Å². The summed E-state index contributed by atoms with van der Waals surface area (Å²) in [6.45, 7) is 4.31. The van der Waals surface area contributed by atoms with Gasteiger partial charge in [-0.25, -0.2) is 0 Å². The monoisotopic (exact) mass is 196 g/mol. The van der Waals surface area contributed by atoms with E-state index < -0.39 is 5.60 Å². The first-order chi connectivity index (χ1) is 6.04. The Morgan fingerprint density at radius 2 is 2.23 bits per heavy atom. The molecule has 1 fully saturated rings. The fourth-order valence-corrected chi connectivity index (χ4v) is 2.75. The Bertz CT molecular complexity index is 289. The van der Waals surface area contributed by atoms with E-state index in [0.717, 1.165) is 19.3 Å². The van der Waals surface area contributed by atoms with Crippen LogP contribution in [0.4, 0.5) is 0 Å². The van der Waals surface area contributed by atoms with E-state index in [-0.39, 0.29) is 5.41 Å². The maximum absolute atomic E-state index is 10.3. The average molecular weight is 196 g/mol. The van der Waals surface area contributed by atoms with Gasteiger partial charge in [0.25, 0.3) is 0 Å². The minimum Gasteiger partial charge on any atom is -0.389 e. The van der Waals surface area contributed by atoms with Crippen LogP contribution in [0.3, 0.4) is 0 Å². The van der Waals surface area contributed by atoms with Crippen molar-refractivity contribution < 1.29 is 5.11 Å². The summed E-state index contributed by atoms with van der Waals surface area (Å²) in [4.78, 5) is 1.30. The molecule has 1 saturated carbocycles. The van der Waals surface area contributed by atoms with Crippen LogP contribution in [-0.4, -0.2) is 10.7 Å². The topological polar surface area (TPSA) is 20.2 Å². The highest BCUT2D eigenvalue weighted by molar-refractivity contribution is 7.09. The van der Waals surface area contributed by atoms with Gasteiger partial charge in [0.05, 0.1) is 5.60 Å². The van der Waals surface area contributed by atoms with Crippen molar-refractivity contribution in [2.45, 2.75) is 38.7 Å². The molecule has 0 aliphatic heterocycles. The lowest BCUT2D eigenvalue weighted by atomic mass is 9.57. The van der Waals surface area contributed by atoms with E-state index in [0.29, 0.717) is 0 Å². The molecule has 2 rings (SSSR count). The summed E-state index contributed by atoms with van der Waals surface area (Å²) in [5.74, 6) is 0. The number of hydrogen-bond acceptors (Lipinski definition) is 2. The second-order valence-corrected chi connectivity index (χ2v) is 5.70. The lowest BCUT2D eigenvalue weighted by Gasteiger charge is -2.52. The van der Waals surface area contributed by atoms with Crippen LogP contribution in [0, 0.1) is 5.41 Å². The van der Waals surface area contributed by atoms with Gasteiger partial charge in [-0.2, -0.15) is 0 Å². The van der Waals surface area contributed by atoms with Crippen LogP contribution < -0.4 is 0 Å². The zero-order chi connectivity index (χ0) is 9.53. The molecule has 0 aromatic carbocycles. The molecular formula is C11H16OS. The second kappa shape index (κ2) is 2.82. The van der Waals surface area contributed by atoms with Crippen molar-refractivity contribution in [3.8, 4) is 0 Å². The Morgan fingerprint density at radius 1 is 1.46 bits per heavy atom. The predicted molar refractivity (Wildman–Crippen MR) is 56.0 cm³/mol. The molecule has 0 radical (unpaired) electrons. The quantitative estimate of drug-likeness (QED) is 0.771. The molecule has 1 N–H and O–H groups in total. The van der Waals surface area contributed by atoms with Crippen LogP contribution >= 0.6 is 11.3 Å². The Morgan fingerprint density at radius 3 is 2.62 bits per heavy atom. The molecule has 1 unspecified atom stereocenters. The van der Waals surface area contributed by atoms with Crippen molar-refractivity contribution in [2.24, 2.45) is 5.41 Å². The van der Waals surface area contributed by atoms with Gasteiger partial charge < -0.3 is 5.11 Å². The summed E-state index contributed by atoms with van der Waals surface area (Å²) < 4.78 is 0. The molecule has 0 amide bonds. The molecule has 1 aromatic heterocycles. The van der Waals surface area contributed by atoms with E-state index in [1.54, 1.807) is 11.3 Å². The molecular weight excluding hydrogens is 180 g/mol. The van der Waals surface area contributed by atoms with Crippen molar-refractivity contribution in [3.63, 3.8) is 0 Å². The van der Waals surface area contributed by atoms with Gasteiger partial charge in [-0.05, 0) is 29.7 Å². The van der Waals surface area contributed by atoms with E-state index in [2.05, 4.69) is 31.4 Å². The Labute approximate surface area is 83.4 Å². The lowest BCUT2D eigenvalue weighted by Crippen LogP contribution is -2.55. The third-order valence-electron chi connectivity index (χ3n) is 3.47. The molecule has 0 saturated heterocycles. The summed E-state index contributed by atoms with van der Waals surface area (Å²) in [6.07, 6.45) is 2.93. The zero-order valence-corrected chi connectivity index (χ0v) is 9.03. The van der Waals surface area contributed by atoms with Gasteiger partial charge in [0.2, 0.25) is 0 Å². The van der Waals surface area contributed by atoms with Gasteiger partial charge >= 0.3 is 0 Å². The Hall–Kier alpha value is -0.340. The summed E-state index contributed by atoms with van der Waals surface area (Å²) in [6, 6.07) is 4.16. The second-order valence-electron chi connectivity index (χ2n) is 4.67. The van der Waals surface area contributed by atoms with E-state index in [1.165, 1.54) is 4.88 Å². The van der Waals surface area contributed by atoms with Crippen molar-refractivity contribution in [3.05, 3.63) is 22.4 Å². The molecule has 0 spiro atoms. The first kappa shape index (κ1) is 9.22. The number of aliphatic hydroxyl groups is 1. The maximum atomic E-state index is 10.3. The van der Waals surface area contributed by atoms with Crippen LogP contribution in [0.5, 0.6) is 0 Å². The maximum Gasteiger partial charge on any atom is 0.0746 e. The standard InChI is InChI=1S/C11H16OS/c1-10(2)5-6-11(10,12)8-9-4-3-7-13-9/h3-4,7,12H,5-6,8H2,1-2H3. The molecule has 1 nitrogen and oxygen atoms in total. The largest absolute Gasteiger partial charge is 0.389 e. The van der Waals surface area contributed by atoms with E-state index in [9.17, 15) is 5.11 Å². The van der Waals surface area contributed by atoms with Crippen molar-refractivity contribution in [2.75, 3.05) is 0 Å². The van der Waals surface area contributed by atoms with Gasteiger partial charge in [0, 0.05) is 11.3 Å². The van der Waals surface area contributed by atoms with Gasteiger partial charge in [-0.1, -0.05) is 19.9 Å². The summed E-state index contributed by atoms with van der Waals surface area (Å²) in [5.41, 5.74) is -0.338. The van der Waals surface area contributed by atoms with Crippen molar-refractivity contribution >= 4 is 11.3 Å². The molecule has 1 atom stereocenters. The smallest absolute Gasteiger partial charge is 0.0746 e. The number of thiophene rings is 1. The SMILES string of the molecule is CC1(C)CCC1(O)Cc1cccs1. The molecule has 1 aromatic rings. The minimum absolute atomic E-state index is 0.108. The van der Waals surface area contributed by atoms with Crippen LogP contribution in [-0.2, 0) is 6.42 Å². The van der Waals surface area contributed by atoms with Crippen LogP contribution in [0.15, 0.2) is 17.5 Å². The Kier molecular flexibility index (Phi) is 2.00. The lowest BCUT2D eigenvalue weighted by molar-refractivity contribution is -0.146. The van der Waals surface area contributed by atoms with Gasteiger partial charge in [0.1, 0.15) is 0 Å². The highest BCUT2D eigenvalue weighted by atomic mass is 32.1. The van der Waals surface area contributed by atoms with Gasteiger partial charge in [-0.3, -0.25) is 0 Å². The van der Waals surface area contributed by atoms with E-state index in [1.807, 2.05) is 0 Å². The van der Waals surface area contributed by atoms with E-state index in [4.69, 9.17) is 0 Å². The molecule has 1 aliphatic carbocycles. The predicted octanol–water partition coefficient (Wildman–Crippen LogP) is 2.84. The number of hydrogen-bond donors (Lipinski definition) is 1. The zero-order valence-electron chi connectivity index (χ0n) is 8.21. The average Bonchev–Trinajstić information content (AvgIpc) is 2.55. The normalized spacial score (nSPS) is 31.3. The van der Waals surface area contributed by atoms with Gasteiger partial charge in [-0.15, -0.1) is 11.3 Å². The fourth-order valence-electron chi connectivity index (χ4n) is 1.94. The Balaban J connectivity index is 2.10. The highest BCUT2D eigenvalue weighted by Crippen LogP contribution is 2.51.